The number of aromatic nitrogens is 7. The Morgan fingerprint density at radius 1 is 1.26 bits per heavy atom. The van der Waals surface area contributed by atoms with Crippen LogP contribution in [0.4, 0.5) is 5.82 Å². The van der Waals surface area contributed by atoms with Crippen LogP contribution in [0.5, 0.6) is 0 Å². The van der Waals surface area contributed by atoms with Gasteiger partial charge in [0.1, 0.15) is 24.8 Å². The van der Waals surface area contributed by atoms with Gasteiger partial charge in [0.25, 0.3) is 0 Å². The average Bonchev–Trinajstić information content (AvgIpc) is 3.42. The van der Waals surface area contributed by atoms with E-state index in [-0.39, 0.29) is 11.8 Å². The van der Waals surface area contributed by atoms with Crippen LogP contribution in [0.1, 0.15) is 18.5 Å². The summed E-state index contributed by atoms with van der Waals surface area (Å²) in [5.74, 6) is 1.49. The van der Waals surface area contributed by atoms with E-state index in [1.165, 1.54) is 12.7 Å². The van der Waals surface area contributed by atoms with Crippen LogP contribution >= 0.6 is 0 Å². The zero-order valence-corrected chi connectivity index (χ0v) is 14.8. The van der Waals surface area contributed by atoms with Crippen LogP contribution in [0.2, 0.25) is 0 Å². The van der Waals surface area contributed by atoms with Crippen molar-refractivity contribution in [2.24, 2.45) is 5.92 Å². The molecule has 1 fully saturated rings. The standard InChI is InChI=1S/C17H21N9O/c27-17(20-4-3-14-7-18-9-21-14)13-2-1-5-25(8-13)15-6-16(23-11-22-15)26-12-19-10-24-26/h6-7,9-13H,1-5,8H2,(H,18,21)(H,20,27). The number of nitrogens with one attached hydrogen (secondary N) is 2. The van der Waals surface area contributed by atoms with Gasteiger partial charge in [-0.1, -0.05) is 0 Å². The van der Waals surface area contributed by atoms with Gasteiger partial charge in [-0.3, -0.25) is 4.79 Å². The van der Waals surface area contributed by atoms with E-state index < -0.39 is 0 Å². The van der Waals surface area contributed by atoms with Gasteiger partial charge in [0, 0.05) is 44.0 Å². The Morgan fingerprint density at radius 2 is 2.19 bits per heavy atom. The van der Waals surface area contributed by atoms with Crippen molar-refractivity contribution in [3.05, 3.63) is 43.3 Å². The molecule has 0 spiro atoms. The molecule has 1 amide bonds. The Bertz CT molecular complexity index is 862. The zero-order chi connectivity index (χ0) is 18.5. The third-order valence-corrected chi connectivity index (χ3v) is 4.66. The van der Waals surface area contributed by atoms with Gasteiger partial charge < -0.3 is 15.2 Å². The summed E-state index contributed by atoms with van der Waals surface area (Å²) in [6.45, 7) is 2.11. The van der Waals surface area contributed by atoms with Gasteiger partial charge in [0.05, 0.1) is 12.2 Å². The third-order valence-electron chi connectivity index (χ3n) is 4.66. The van der Waals surface area contributed by atoms with Crippen molar-refractivity contribution in [2.45, 2.75) is 19.3 Å². The lowest BCUT2D eigenvalue weighted by Crippen LogP contribution is -2.43. The van der Waals surface area contributed by atoms with E-state index in [0.717, 1.165) is 37.3 Å². The van der Waals surface area contributed by atoms with Crippen LogP contribution in [-0.4, -0.2) is 60.2 Å². The Balaban J connectivity index is 1.36. The molecular weight excluding hydrogens is 346 g/mol. The van der Waals surface area contributed by atoms with E-state index in [9.17, 15) is 4.79 Å². The van der Waals surface area contributed by atoms with Crippen molar-refractivity contribution in [3.63, 3.8) is 0 Å². The summed E-state index contributed by atoms with van der Waals surface area (Å²) in [4.78, 5) is 34.2. The maximum Gasteiger partial charge on any atom is 0.224 e. The summed E-state index contributed by atoms with van der Waals surface area (Å²) in [7, 11) is 0. The lowest BCUT2D eigenvalue weighted by molar-refractivity contribution is -0.125. The number of hydrogen-bond acceptors (Lipinski definition) is 7. The van der Waals surface area contributed by atoms with Gasteiger partial charge in [-0.15, -0.1) is 0 Å². The van der Waals surface area contributed by atoms with Crippen molar-refractivity contribution in [3.8, 4) is 5.82 Å². The molecule has 4 heterocycles. The second kappa shape index (κ2) is 7.94. The van der Waals surface area contributed by atoms with Gasteiger partial charge in [0.2, 0.25) is 5.91 Å². The fourth-order valence-corrected chi connectivity index (χ4v) is 3.25. The molecule has 1 aliphatic heterocycles. The molecule has 1 atom stereocenters. The first kappa shape index (κ1) is 17.1. The fraction of sp³-hybridized carbons (Fsp3) is 0.412. The van der Waals surface area contributed by atoms with Gasteiger partial charge in [0.15, 0.2) is 5.82 Å². The molecule has 0 saturated carbocycles. The minimum absolute atomic E-state index is 0.0506. The quantitative estimate of drug-likeness (QED) is 0.646. The molecule has 0 radical (unpaired) electrons. The SMILES string of the molecule is O=C(NCCc1cnc[nH]1)C1CCCN(c2cc(-n3cncn3)ncn2)C1. The fourth-order valence-electron chi connectivity index (χ4n) is 3.25. The number of aromatic amines is 1. The lowest BCUT2D eigenvalue weighted by Gasteiger charge is -2.32. The number of piperidine rings is 1. The van der Waals surface area contributed by atoms with Crippen LogP contribution < -0.4 is 10.2 Å². The smallest absolute Gasteiger partial charge is 0.224 e. The molecule has 3 aromatic rings. The number of amides is 1. The maximum atomic E-state index is 12.5. The van der Waals surface area contributed by atoms with Gasteiger partial charge in [-0.25, -0.2) is 24.6 Å². The minimum Gasteiger partial charge on any atom is -0.356 e. The average molecular weight is 367 g/mol. The van der Waals surface area contributed by atoms with Crippen molar-refractivity contribution in [1.29, 1.82) is 0 Å². The summed E-state index contributed by atoms with van der Waals surface area (Å²) < 4.78 is 1.59. The molecule has 27 heavy (non-hydrogen) atoms. The van der Waals surface area contributed by atoms with E-state index in [4.69, 9.17) is 0 Å². The molecule has 10 nitrogen and oxygen atoms in total. The second-order valence-electron chi connectivity index (χ2n) is 6.48. The molecule has 1 aliphatic rings. The number of anilines is 1. The number of nitrogens with zero attached hydrogens (tertiary/aromatic N) is 7. The first-order chi connectivity index (χ1) is 13.3. The Kier molecular flexibility index (Phi) is 5.04. The van der Waals surface area contributed by atoms with E-state index >= 15 is 0 Å². The summed E-state index contributed by atoms with van der Waals surface area (Å²) in [5, 5.41) is 7.12. The first-order valence-corrected chi connectivity index (χ1v) is 8.96. The number of rotatable bonds is 6. The topological polar surface area (TPSA) is 118 Å². The minimum atomic E-state index is -0.0506. The highest BCUT2D eigenvalue weighted by Gasteiger charge is 2.26. The molecule has 0 aliphatic carbocycles. The van der Waals surface area contributed by atoms with Crippen LogP contribution in [-0.2, 0) is 11.2 Å². The molecule has 0 aromatic carbocycles. The number of hydrogen-bond donors (Lipinski definition) is 2. The summed E-state index contributed by atoms with van der Waals surface area (Å²) in [5.41, 5.74) is 1.02. The van der Waals surface area contributed by atoms with Gasteiger partial charge in [-0.2, -0.15) is 5.10 Å². The number of carbonyl (C=O) groups is 1. The van der Waals surface area contributed by atoms with Crippen LogP contribution in [0.3, 0.4) is 0 Å². The summed E-state index contributed by atoms with van der Waals surface area (Å²) >= 11 is 0. The van der Waals surface area contributed by atoms with Crippen LogP contribution in [0.15, 0.2) is 37.6 Å². The number of H-pyrrole nitrogens is 1. The summed E-state index contributed by atoms with van der Waals surface area (Å²) in [6, 6.07) is 1.87. The predicted molar refractivity (Wildman–Crippen MR) is 97.2 cm³/mol. The van der Waals surface area contributed by atoms with Crippen molar-refractivity contribution < 1.29 is 4.79 Å². The van der Waals surface area contributed by atoms with E-state index in [1.807, 2.05) is 6.07 Å². The molecule has 0 bridgehead atoms. The highest BCUT2D eigenvalue weighted by Crippen LogP contribution is 2.22. The van der Waals surface area contributed by atoms with E-state index in [0.29, 0.717) is 18.9 Å². The monoisotopic (exact) mass is 367 g/mol. The predicted octanol–water partition coefficient (Wildman–Crippen LogP) is 0.356. The maximum absolute atomic E-state index is 12.5. The van der Waals surface area contributed by atoms with Crippen LogP contribution in [0, 0.1) is 5.92 Å². The molecular formula is C17H21N9O. The third kappa shape index (κ3) is 4.10. The number of imidazole rings is 1. The normalized spacial score (nSPS) is 17.0. The molecule has 10 heteroatoms. The Morgan fingerprint density at radius 3 is 3.00 bits per heavy atom. The van der Waals surface area contributed by atoms with Crippen LogP contribution in [0.25, 0.3) is 5.82 Å². The van der Waals surface area contributed by atoms with E-state index in [1.54, 1.807) is 23.5 Å². The Hall–Kier alpha value is -3.30. The highest BCUT2D eigenvalue weighted by molar-refractivity contribution is 5.79. The molecule has 140 valence electrons. The highest BCUT2D eigenvalue weighted by atomic mass is 16.1. The summed E-state index contributed by atoms with van der Waals surface area (Å²) in [6.07, 6.45) is 10.6. The lowest BCUT2D eigenvalue weighted by atomic mass is 9.97. The molecule has 1 unspecified atom stereocenters. The van der Waals surface area contributed by atoms with Crippen molar-refractivity contribution >= 4 is 11.7 Å². The second-order valence-corrected chi connectivity index (χ2v) is 6.48. The Labute approximate surface area is 156 Å². The zero-order valence-electron chi connectivity index (χ0n) is 14.8. The molecule has 3 aromatic heterocycles. The van der Waals surface area contributed by atoms with Crippen molar-refractivity contribution in [2.75, 3.05) is 24.5 Å². The van der Waals surface area contributed by atoms with E-state index in [2.05, 4.69) is 40.2 Å². The largest absolute Gasteiger partial charge is 0.356 e. The molecule has 1 saturated heterocycles. The van der Waals surface area contributed by atoms with Gasteiger partial charge >= 0.3 is 0 Å². The van der Waals surface area contributed by atoms with Crippen molar-refractivity contribution in [1.82, 2.24) is 40.0 Å². The van der Waals surface area contributed by atoms with Gasteiger partial charge in [-0.05, 0) is 12.8 Å². The first-order valence-electron chi connectivity index (χ1n) is 8.96. The number of carbonyl (C=O) groups excluding carboxylic acids is 1. The molecule has 4 rings (SSSR count). The molecule has 2 N–H and O–H groups in total.